The predicted octanol–water partition coefficient (Wildman–Crippen LogP) is 1.83. The number of nitrogens with one attached hydrogen (secondary N) is 1. The molecule has 0 aromatic heterocycles. The van der Waals surface area contributed by atoms with Gasteiger partial charge < -0.3 is 15.8 Å². The lowest BCUT2D eigenvalue weighted by atomic mass is 9.86. The molecule has 0 unspecified atom stereocenters. The Morgan fingerprint density at radius 2 is 1.94 bits per heavy atom. The van der Waals surface area contributed by atoms with Crippen LogP contribution in [0.15, 0.2) is 0 Å². The van der Waals surface area contributed by atoms with E-state index in [2.05, 4.69) is 5.32 Å². The molecule has 0 aromatic carbocycles. The van der Waals surface area contributed by atoms with Crippen LogP contribution in [0, 0.1) is 5.92 Å². The molecule has 0 atom stereocenters. The quantitative estimate of drug-likeness (QED) is 0.712. The number of ether oxygens (including phenoxy) is 1. The zero-order valence-corrected chi connectivity index (χ0v) is 12.0. The Morgan fingerprint density at radius 1 is 1.33 bits per heavy atom. The van der Waals surface area contributed by atoms with Crippen molar-refractivity contribution in [1.82, 2.24) is 5.32 Å². The fraction of sp³-hybridized carbons (Fsp3) is 0.929. The minimum Gasteiger partial charge on any atom is -0.466 e. The summed E-state index contributed by atoms with van der Waals surface area (Å²) in [5.74, 6) is 0.105. The first-order valence-corrected chi connectivity index (χ1v) is 7.11. The molecule has 106 valence electrons. The summed E-state index contributed by atoms with van der Waals surface area (Å²) >= 11 is 0. The highest BCUT2D eigenvalue weighted by Gasteiger charge is 2.27. The van der Waals surface area contributed by atoms with Gasteiger partial charge in [0.15, 0.2) is 0 Å². The minimum absolute atomic E-state index is 0.0148. The van der Waals surface area contributed by atoms with Gasteiger partial charge in [0, 0.05) is 11.6 Å². The molecule has 0 amide bonds. The smallest absolute Gasteiger partial charge is 0.308 e. The highest BCUT2D eigenvalue weighted by molar-refractivity contribution is 5.72. The average molecular weight is 256 g/mol. The standard InChI is InChI=1S/C14H28N2O2/c1-4-18-13(17)11-5-7-12(8-6-11)16-10-9-14(2,3)15/h11-12,16H,4-10,15H2,1-3H3. The van der Waals surface area contributed by atoms with Crippen molar-refractivity contribution < 1.29 is 9.53 Å². The molecule has 0 aliphatic heterocycles. The molecule has 0 spiro atoms. The van der Waals surface area contributed by atoms with E-state index < -0.39 is 0 Å². The zero-order chi connectivity index (χ0) is 13.6. The van der Waals surface area contributed by atoms with Crippen LogP contribution in [0.4, 0.5) is 0 Å². The largest absolute Gasteiger partial charge is 0.466 e. The predicted molar refractivity (Wildman–Crippen MR) is 73.3 cm³/mol. The molecule has 0 heterocycles. The van der Waals surface area contributed by atoms with Gasteiger partial charge in [-0.15, -0.1) is 0 Å². The first-order chi connectivity index (χ1) is 8.42. The fourth-order valence-electron chi connectivity index (χ4n) is 2.39. The molecule has 4 nitrogen and oxygen atoms in total. The van der Waals surface area contributed by atoms with Crippen molar-refractivity contribution in [3.05, 3.63) is 0 Å². The van der Waals surface area contributed by atoms with Crippen LogP contribution in [0.5, 0.6) is 0 Å². The fourth-order valence-corrected chi connectivity index (χ4v) is 2.39. The van der Waals surface area contributed by atoms with E-state index >= 15 is 0 Å². The average Bonchev–Trinajstić information content (AvgIpc) is 2.28. The monoisotopic (exact) mass is 256 g/mol. The highest BCUT2D eigenvalue weighted by atomic mass is 16.5. The van der Waals surface area contributed by atoms with E-state index in [1.54, 1.807) is 0 Å². The number of rotatable bonds is 6. The molecule has 3 N–H and O–H groups in total. The Morgan fingerprint density at radius 3 is 2.44 bits per heavy atom. The van der Waals surface area contributed by atoms with Crippen molar-refractivity contribution in [2.75, 3.05) is 13.2 Å². The van der Waals surface area contributed by atoms with E-state index in [-0.39, 0.29) is 17.4 Å². The SMILES string of the molecule is CCOC(=O)C1CCC(NCCC(C)(C)N)CC1. The number of hydrogen-bond acceptors (Lipinski definition) is 4. The third-order valence-corrected chi connectivity index (χ3v) is 3.55. The van der Waals surface area contributed by atoms with Gasteiger partial charge in [-0.1, -0.05) is 0 Å². The normalized spacial score (nSPS) is 24.9. The van der Waals surface area contributed by atoms with E-state index in [1.165, 1.54) is 0 Å². The zero-order valence-electron chi connectivity index (χ0n) is 12.0. The Balaban J connectivity index is 2.17. The van der Waals surface area contributed by atoms with Crippen molar-refractivity contribution in [2.24, 2.45) is 11.7 Å². The van der Waals surface area contributed by atoms with Crippen LogP contribution >= 0.6 is 0 Å². The summed E-state index contributed by atoms with van der Waals surface area (Å²) in [5, 5.41) is 3.54. The summed E-state index contributed by atoms with van der Waals surface area (Å²) in [5.41, 5.74) is 5.84. The van der Waals surface area contributed by atoms with Crippen molar-refractivity contribution >= 4 is 5.97 Å². The maximum Gasteiger partial charge on any atom is 0.308 e. The second kappa shape index (κ2) is 7.10. The van der Waals surface area contributed by atoms with Gasteiger partial charge in [0.1, 0.15) is 0 Å². The summed E-state index contributed by atoms with van der Waals surface area (Å²) in [4.78, 5) is 11.6. The van der Waals surface area contributed by atoms with Crippen LogP contribution in [-0.4, -0.2) is 30.7 Å². The van der Waals surface area contributed by atoms with Crippen molar-refractivity contribution in [1.29, 1.82) is 0 Å². The molecule has 4 heteroatoms. The maximum absolute atomic E-state index is 11.6. The second-order valence-electron chi connectivity index (χ2n) is 5.99. The van der Waals surface area contributed by atoms with Crippen molar-refractivity contribution in [3.8, 4) is 0 Å². The van der Waals surface area contributed by atoms with E-state index in [4.69, 9.17) is 10.5 Å². The number of carbonyl (C=O) groups is 1. The topological polar surface area (TPSA) is 64.3 Å². The highest BCUT2D eigenvalue weighted by Crippen LogP contribution is 2.25. The molecular weight excluding hydrogens is 228 g/mol. The molecule has 1 rings (SSSR count). The molecule has 0 saturated heterocycles. The van der Waals surface area contributed by atoms with Gasteiger partial charge in [-0.05, 0) is 59.4 Å². The van der Waals surface area contributed by atoms with Crippen LogP contribution < -0.4 is 11.1 Å². The molecular formula is C14H28N2O2. The van der Waals surface area contributed by atoms with Gasteiger partial charge in [0.2, 0.25) is 0 Å². The van der Waals surface area contributed by atoms with Crippen LogP contribution in [0.2, 0.25) is 0 Å². The first-order valence-electron chi connectivity index (χ1n) is 7.11. The second-order valence-corrected chi connectivity index (χ2v) is 5.99. The summed E-state index contributed by atoms with van der Waals surface area (Å²) < 4.78 is 5.07. The number of hydrogen-bond donors (Lipinski definition) is 2. The molecule has 0 radical (unpaired) electrons. The van der Waals surface area contributed by atoms with Gasteiger partial charge in [-0.25, -0.2) is 0 Å². The first kappa shape index (κ1) is 15.4. The maximum atomic E-state index is 11.6. The lowest BCUT2D eigenvalue weighted by Crippen LogP contribution is -2.40. The van der Waals surface area contributed by atoms with E-state index in [0.717, 1.165) is 38.6 Å². The lowest BCUT2D eigenvalue weighted by molar-refractivity contribution is -0.149. The number of nitrogens with two attached hydrogens (primary N) is 1. The molecule has 1 fully saturated rings. The third-order valence-electron chi connectivity index (χ3n) is 3.55. The molecule has 0 bridgehead atoms. The lowest BCUT2D eigenvalue weighted by Gasteiger charge is -2.29. The Hall–Kier alpha value is -0.610. The summed E-state index contributed by atoms with van der Waals surface area (Å²) in [6.45, 7) is 7.40. The molecule has 1 saturated carbocycles. The Kier molecular flexibility index (Phi) is 6.09. The van der Waals surface area contributed by atoms with Crippen molar-refractivity contribution in [2.45, 2.75) is 64.5 Å². The van der Waals surface area contributed by atoms with E-state index in [9.17, 15) is 4.79 Å². The van der Waals surface area contributed by atoms with Crippen LogP contribution in [0.3, 0.4) is 0 Å². The van der Waals surface area contributed by atoms with Gasteiger partial charge in [-0.2, -0.15) is 0 Å². The van der Waals surface area contributed by atoms with Crippen LogP contribution in [0.1, 0.15) is 52.9 Å². The summed E-state index contributed by atoms with van der Waals surface area (Å²) in [6.07, 6.45) is 5.00. The van der Waals surface area contributed by atoms with Crippen molar-refractivity contribution in [3.63, 3.8) is 0 Å². The van der Waals surface area contributed by atoms with Gasteiger partial charge in [-0.3, -0.25) is 4.79 Å². The molecule has 0 aromatic rings. The van der Waals surface area contributed by atoms with Gasteiger partial charge in [0.05, 0.1) is 12.5 Å². The van der Waals surface area contributed by atoms with E-state index in [1.807, 2.05) is 20.8 Å². The minimum atomic E-state index is -0.102. The molecule has 18 heavy (non-hydrogen) atoms. The van der Waals surface area contributed by atoms with E-state index in [0.29, 0.717) is 12.6 Å². The third kappa shape index (κ3) is 5.83. The van der Waals surface area contributed by atoms with Crippen LogP contribution in [0.25, 0.3) is 0 Å². The molecule has 1 aliphatic rings. The molecule has 1 aliphatic carbocycles. The number of carbonyl (C=O) groups excluding carboxylic acids is 1. The summed E-state index contributed by atoms with van der Waals surface area (Å²) in [6, 6.07) is 0.540. The Labute approximate surface area is 111 Å². The van der Waals surface area contributed by atoms with Gasteiger partial charge >= 0.3 is 5.97 Å². The Bertz CT molecular complexity index is 253. The van der Waals surface area contributed by atoms with Gasteiger partial charge in [0.25, 0.3) is 0 Å². The van der Waals surface area contributed by atoms with Crippen LogP contribution in [-0.2, 0) is 9.53 Å². The number of esters is 1. The summed E-state index contributed by atoms with van der Waals surface area (Å²) in [7, 11) is 0.